The summed E-state index contributed by atoms with van der Waals surface area (Å²) in [7, 11) is 0. The molecule has 1 heterocycles. The molecule has 2 rings (SSSR count). The van der Waals surface area contributed by atoms with Crippen LogP contribution in [0.5, 0.6) is 0 Å². The molecule has 0 saturated carbocycles. The van der Waals surface area contributed by atoms with E-state index in [9.17, 15) is 14.9 Å². The Morgan fingerprint density at radius 1 is 1.38 bits per heavy atom. The van der Waals surface area contributed by atoms with E-state index >= 15 is 0 Å². The first-order chi connectivity index (χ1) is 11.5. The summed E-state index contributed by atoms with van der Waals surface area (Å²) in [6.07, 6.45) is 2.15. The molecule has 8 nitrogen and oxygen atoms in total. The summed E-state index contributed by atoms with van der Waals surface area (Å²) in [5, 5.41) is 16.2. The second-order valence-corrected chi connectivity index (χ2v) is 4.37. The smallest absolute Gasteiger partial charge is 0.329 e. The molecule has 1 aromatic carbocycles. The minimum absolute atomic E-state index is 0.0443. The molecule has 126 valence electrons. The largest absolute Gasteiger partial charge is 0.334 e. The Morgan fingerprint density at radius 2 is 2.04 bits per heavy atom. The SMILES string of the molecule is C=CC(=O)Nc1cccc(Nc2nc(Cl)ncc2[N+](=O)[O-])c1.CC. The van der Waals surface area contributed by atoms with Crippen molar-refractivity contribution in [1.82, 2.24) is 9.97 Å². The van der Waals surface area contributed by atoms with Crippen molar-refractivity contribution >= 4 is 40.4 Å². The first-order valence-electron chi connectivity index (χ1n) is 6.97. The number of halogens is 1. The van der Waals surface area contributed by atoms with Crippen LogP contribution in [0.2, 0.25) is 5.28 Å². The number of nitrogens with zero attached hydrogens (tertiary/aromatic N) is 3. The maximum atomic E-state index is 11.3. The number of carbonyl (C=O) groups excluding carboxylic acids is 1. The van der Waals surface area contributed by atoms with Crippen LogP contribution in [0.15, 0.2) is 43.1 Å². The molecule has 0 aliphatic carbocycles. The number of anilines is 3. The molecular weight excluding hydrogens is 334 g/mol. The molecule has 1 aromatic heterocycles. The van der Waals surface area contributed by atoms with Crippen LogP contribution in [-0.4, -0.2) is 20.8 Å². The lowest BCUT2D eigenvalue weighted by Gasteiger charge is -2.08. The Labute approximate surface area is 143 Å². The Kier molecular flexibility index (Phi) is 7.31. The highest BCUT2D eigenvalue weighted by molar-refractivity contribution is 6.28. The fraction of sp³-hybridized carbons (Fsp3) is 0.133. The molecule has 0 aliphatic rings. The summed E-state index contributed by atoms with van der Waals surface area (Å²) in [6.45, 7) is 7.35. The first kappa shape index (κ1) is 19.0. The fourth-order valence-electron chi connectivity index (χ4n) is 1.58. The lowest BCUT2D eigenvalue weighted by atomic mass is 10.2. The number of benzene rings is 1. The molecule has 0 fully saturated rings. The topological polar surface area (TPSA) is 110 Å². The molecule has 9 heteroatoms. The molecule has 2 aromatic rings. The van der Waals surface area contributed by atoms with Gasteiger partial charge in [-0.3, -0.25) is 14.9 Å². The van der Waals surface area contributed by atoms with Crippen molar-refractivity contribution in [3.8, 4) is 0 Å². The predicted molar refractivity (Wildman–Crippen MR) is 93.6 cm³/mol. The Balaban J connectivity index is 0.00000139. The van der Waals surface area contributed by atoms with Gasteiger partial charge in [-0.1, -0.05) is 26.5 Å². The van der Waals surface area contributed by atoms with Gasteiger partial charge in [-0.2, -0.15) is 4.98 Å². The van der Waals surface area contributed by atoms with Gasteiger partial charge in [-0.05, 0) is 35.9 Å². The van der Waals surface area contributed by atoms with Crippen LogP contribution in [-0.2, 0) is 4.79 Å². The van der Waals surface area contributed by atoms with Crippen LogP contribution in [0.1, 0.15) is 13.8 Å². The minimum atomic E-state index is -0.623. The van der Waals surface area contributed by atoms with Crippen molar-refractivity contribution in [2.45, 2.75) is 13.8 Å². The van der Waals surface area contributed by atoms with Crippen molar-refractivity contribution in [2.24, 2.45) is 0 Å². The van der Waals surface area contributed by atoms with Gasteiger partial charge in [0.15, 0.2) is 0 Å². The number of rotatable bonds is 5. The van der Waals surface area contributed by atoms with Gasteiger partial charge >= 0.3 is 5.69 Å². The summed E-state index contributed by atoms with van der Waals surface area (Å²) in [4.78, 5) is 29.0. The van der Waals surface area contributed by atoms with Crippen LogP contribution in [0.4, 0.5) is 22.9 Å². The zero-order valence-electron chi connectivity index (χ0n) is 13.1. The van der Waals surface area contributed by atoms with Gasteiger partial charge in [0.05, 0.1) is 4.92 Å². The molecule has 1 amide bonds. The average molecular weight is 350 g/mol. The van der Waals surface area contributed by atoms with E-state index in [1.807, 2.05) is 13.8 Å². The van der Waals surface area contributed by atoms with E-state index in [-0.39, 0.29) is 22.7 Å². The zero-order chi connectivity index (χ0) is 18.1. The van der Waals surface area contributed by atoms with Crippen LogP contribution in [0, 0.1) is 10.1 Å². The number of amides is 1. The van der Waals surface area contributed by atoms with Gasteiger partial charge in [0.1, 0.15) is 6.20 Å². The molecule has 0 unspecified atom stereocenters. The molecule has 2 N–H and O–H groups in total. The Bertz CT molecular complexity index is 752. The number of hydrogen-bond donors (Lipinski definition) is 2. The van der Waals surface area contributed by atoms with Crippen molar-refractivity contribution in [1.29, 1.82) is 0 Å². The normalized spacial score (nSPS) is 9.29. The molecule has 0 bridgehead atoms. The van der Waals surface area contributed by atoms with E-state index in [1.54, 1.807) is 24.3 Å². The standard InChI is InChI=1S/C13H10ClN5O3.C2H6/c1-2-11(20)16-8-4-3-5-9(6-8)17-12-10(19(21)22)7-15-13(14)18-12;1-2/h2-7H,1H2,(H,16,20)(H,15,17,18);1-2H3. The molecule has 0 spiro atoms. The third-order valence-electron chi connectivity index (χ3n) is 2.51. The summed E-state index contributed by atoms with van der Waals surface area (Å²) in [6, 6.07) is 6.56. The van der Waals surface area contributed by atoms with Crippen molar-refractivity contribution in [2.75, 3.05) is 10.6 Å². The molecule has 0 atom stereocenters. The number of aromatic nitrogens is 2. The Morgan fingerprint density at radius 3 is 2.67 bits per heavy atom. The van der Waals surface area contributed by atoms with Gasteiger partial charge in [0.2, 0.25) is 17.0 Å². The summed E-state index contributed by atoms with van der Waals surface area (Å²) in [5.41, 5.74) is 0.669. The molecule has 24 heavy (non-hydrogen) atoms. The molecule has 0 radical (unpaired) electrons. The fourth-order valence-corrected chi connectivity index (χ4v) is 1.72. The third kappa shape index (κ3) is 5.33. The maximum absolute atomic E-state index is 11.3. The summed E-state index contributed by atoms with van der Waals surface area (Å²) in [5.74, 6) is -0.412. The molecule has 0 aliphatic heterocycles. The van der Waals surface area contributed by atoms with Crippen LogP contribution < -0.4 is 10.6 Å². The predicted octanol–water partition coefficient (Wildman–Crippen LogP) is 3.93. The number of hydrogen-bond acceptors (Lipinski definition) is 6. The summed E-state index contributed by atoms with van der Waals surface area (Å²) >= 11 is 5.65. The highest BCUT2D eigenvalue weighted by Crippen LogP contribution is 2.26. The second-order valence-electron chi connectivity index (χ2n) is 4.03. The van der Waals surface area contributed by atoms with Crippen molar-refractivity contribution in [3.05, 3.63) is 58.5 Å². The lowest BCUT2D eigenvalue weighted by molar-refractivity contribution is -0.384. The Hall–Kier alpha value is -3.00. The van der Waals surface area contributed by atoms with Gasteiger partial charge in [0.25, 0.3) is 0 Å². The van der Waals surface area contributed by atoms with Gasteiger partial charge in [0, 0.05) is 11.4 Å². The maximum Gasteiger partial charge on any atom is 0.329 e. The molecular formula is C15H16ClN5O3. The monoisotopic (exact) mass is 349 g/mol. The third-order valence-corrected chi connectivity index (χ3v) is 2.70. The van der Waals surface area contributed by atoms with Crippen LogP contribution in [0.3, 0.4) is 0 Å². The van der Waals surface area contributed by atoms with E-state index in [0.29, 0.717) is 11.4 Å². The van der Waals surface area contributed by atoms with Gasteiger partial charge in [-0.15, -0.1) is 0 Å². The van der Waals surface area contributed by atoms with Crippen LogP contribution >= 0.6 is 11.6 Å². The van der Waals surface area contributed by atoms with E-state index in [2.05, 4.69) is 27.2 Å². The van der Waals surface area contributed by atoms with Crippen LogP contribution in [0.25, 0.3) is 0 Å². The quantitative estimate of drug-likeness (QED) is 0.366. The average Bonchev–Trinajstić information content (AvgIpc) is 2.56. The summed E-state index contributed by atoms with van der Waals surface area (Å²) < 4.78 is 0. The number of nitrogens with one attached hydrogen (secondary N) is 2. The zero-order valence-corrected chi connectivity index (χ0v) is 13.9. The lowest BCUT2D eigenvalue weighted by Crippen LogP contribution is -2.07. The van der Waals surface area contributed by atoms with Crippen molar-refractivity contribution < 1.29 is 9.72 Å². The van der Waals surface area contributed by atoms with Crippen molar-refractivity contribution in [3.63, 3.8) is 0 Å². The molecule has 0 saturated heterocycles. The van der Waals surface area contributed by atoms with E-state index in [1.165, 1.54) is 0 Å². The second kappa shape index (κ2) is 9.21. The number of carbonyl (C=O) groups is 1. The van der Waals surface area contributed by atoms with E-state index in [4.69, 9.17) is 11.6 Å². The first-order valence-corrected chi connectivity index (χ1v) is 7.35. The van der Waals surface area contributed by atoms with Gasteiger partial charge < -0.3 is 10.6 Å². The highest BCUT2D eigenvalue weighted by Gasteiger charge is 2.17. The number of nitro groups is 1. The van der Waals surface area contributed by atoms with E-state index < -0.39 is 4.92 Å². The minimum Gasteiger partial charge on any atom is -0.334 e. The van der Waals surface area contributed by atoms with E-state index in [0.717, 1.165) is 12.3 Å². The highest BCUT2D eigenvalue weighted by atomic mass is 35.5. The van der Waals surface area contributed by atoms with Gasteiger partial charge in [-0.25, -0.2) is 4.98 Å².